The molecule has 11 heteroatoms. The molecule has 0 bridgehead atoms. The van der Waals surface area contributed by atoms with Crippen LogP contribution in [0.25, 0.3) is 0 Å². The fourth-order valence-electron chi connectivity index (χ4n) is 2.03. The first-order chi connectivity index (χ1) is 9.34. The Bertz CT molecular complexity index is 590. The highest BCUT2D eigenvalue weighted by Crippen LogP contribution is 2.35. The summed E-state index contributed by atoms with van der Waals surface area (Å²) in [6.45, 7) is -0.773. The molecule has 0 amide bonds. The molecule has 1 aliphatic heterocycles. The molecule has 0 saturated carbocycles. The number of nitrogens with two attached hydrogens (primary N) is 1. The summed E-state index contributed by atoms with van der Waals surface area (Å²) in [6, 6.07) is 1.10. The molecule has 11 nitrogen and oxygen atoms in total. The van der Waals surface area contributed by atoms with Crippen LogP contribution in [0.5, 0.6) is 0 Å². The van der Waals surface area contributed by atoms with Gasteiger partial charge in [-0.15, -0.1) is 0 Å². The van der Waals surface area contributed by atoms with Gasteiger partial charge >= 0.3 is 11.5 Å². The number of ether oxygens (including phenoxy) is 1. The van der Waals surface area contributed by atoms with Gasteiger partial charge in [-0.05, 0) is 6.07 Å². The first kappa shape index (κ1) is 14.3. The topological polar surface area (TPSA) is 174 Å². The van der Waals surface area contributed by atoms with Crippen molar-refractivity contribution in [2.24, 2.45) is 0 Å². The minimum atomic E-state index is -2.77. The molecule has 0 radical (unpaired) electrons. The van der Waals surface area contributed by atoms with E-state index in [0.29, 0.717) is 4.57 Å². The van der Waals surface area contributed by atoms with Crippen molar-refractivity contribution in [3.63, 3.8) is 0 Å². The van der Waals surface area contributed by atoms with Crippen LogP contribution in [0.1, 0.15) is 0 Å². The minimum Gasteiger partial charge on any atom is -0.394 e. The number of hydrogen-bond donors (Lipinski definition) is 4. The Kier molecular flexibility index (Phi) is 3.43. The molecule has 110 valence electrons. The summed E-state index contributed by atoms with van der Waals surface area (Å²) in [5.74, 6) is -2.94. The van der Waals surface area contributed by atoms with E-state index in [1.807, 2.05) is 0 Å². The number of nitrogens with zero attached hydrogens (tertiary/aromatic N) is 3. The van der Waals surface area contributed by atoms with Crippen molar-refractivity contribution in [1.29, 1.82) is 0 Å². The molecule has 0 aromatic carbocycles. The van der Waals surface area contributed by atoms with Gasteiger partial charge in [0.25, 0.3) is 0 Å². The number of nitro groups is 1. The van der Waals surface area contributed by atoms with E-state index in [0.717, 1.165) is 12.3 Å². The van der Waals surface area contributed by atoms with Gasteiger partial charge in [0.1, 0.15) is 18.0 Å². The highest BCUT2D eigenvalue weighted by atomic mass is 16.7. The zero-order valence-corrected chi connectivity index (χ0v) is 9.99. The number of aromatic nitrogens is 2. The van der Waals surface area contributed by atoms with Crippen molar-refractivity contribution < 1.29 is 25.0 Å². The van der Waals surface area contributed by atoms with Gasteiger partial charge in [-0.2, -0.15) is 4.98 Å². The summed E-state index contributed by atoms with van der Waals surface area (Å²) in [6.07, 6.45) is -4.31. The van der Waals surface area contributed by atoms with Gasteiger partial charge in [0.05, 0.1) is 11.5 Å². The number of rotatable bonds is 3. The van der Waals surface area contributed by atoms with Gasteiger partial charge in [-0.25, -0.2) is 9.36 Å². The molecular formula is C9H12N4O7. The Morgan fingerprint density at radius 1 is 1.60 bits per heavy atom. The third kappa shape index (κ3) is 1.84. The SMILES string of the molecule is Nc1ccn([C@]2([N+](=O)[O-])O[C@H](CO)[C@@H](O)[C@H]2O)c(=O)n1. The standard InChI is InChI=1S/C9H12N4O7/c10-5-1-2-12(8(17)11-5)9(13(18)19)7(16)6(15)4(3-14)20-9/h1-2,4,6-7,14-16H,3H2,(H2,10,11,17)/t4-,6-,7-,9-/m1/s1. The van der Waals surface area contributed by atoms with Crippen LogP contribution >= 0.6 is 0 Å². The van der Waals surface area contributed by atoms with E-state index >= 15 is 0 Å². The van der Waals surface area contributed by atoms with E-state index < -0.39 is 41.4 Å². The first-order valence-corrected chi connectivity index (χ1v) is 5.49. The molecule has 2 heterocycles. The van der Waals surface area contributed by atoms with Crippen molar-refractivity contribution in [3.8, 4) is 0 Å². The van der Waals surface area contributed by atoms with Gasteiger partial charge in [0.15, 0.2) is 0 Å². The molecule has 5 N–H and O–H groups in total. The Morgan fingerprint density at radius 2 is 2.25 bits per heavy atom. The quantitative estimate of drug-likeness (QED) is 0.330. The average molecular weight is 288 g/mol. The molecule has 0 aliphatic carbocycles. The van der Waals surface area contributed by atoms with Crippen molar-refractivity contribution in [2.75, 3.05) is 12.3 Å². The lowest BCUT2D eigenvalue weighted by Crippen LogP contribution is -2.55. The Labute approximate surface area is 111 Å². The maximum atomic E-state index is 11.7. The fraction of sp³-hybridized carbons (Fsp3) is 0.556. The van der Waals surface area contributed by atoms with Crippen LogP contribution in [0.15, 0.2) is 17.1 Å². The minimum absolute atomic E-state index is 0.170. The molecule has 1 aromatic heterocycles. The summed E-state index contributed by atoms with van der Waals surface area (Å²) in [5.41, 5.74) is 4.14. The summed E-state index contributed by atoms with van der Waals surface area (Å²) in [5, 5.41) is 39.8. The summed E-state index contributed by atoms with van der Waals surface area (Å²) < 4.78 is 5.33. The van der Waals surface area contributed by atoms with E-state index in [2.05, 4.69) is 4.98 Å². The van der Waals surface area contributed by atoms with Gasteiger partial charge in [0.2, 0.25) is 6.10 Å². The van der Waals surface area contributed by atoms with Crippen molar-refractivity contribution in [2.45, 2.75) is 24.2 Å². The zero-order chi connectivity index (χ0) is 15.1. The number of nitrogen functional groups attached to an aromatic ring is 1. The Hall–Kier alpha value is -2.08. The number of hydrogen-bond acceptors (Lipinski definition) is 9. The van der Waals surface area contributed by atoms with Crippen LogP contribution in [0.3, 0.4) is 0 Å². The second kappa shape index (κ2) is 4.79. The van der Waals surface area contributed by atoms with E-state index in [-0.39, 0.29) is 5.82 Å². The zero-order valence-electron chi connectivity index (χ0n) is 9.99. The van der Waals surface area contributed by atoms with E-state index in [4.69, 9.17) is 15.6 Å². The fourth-order valence-corrected chi connectivity index (χ4v) is 2.03. The van der Waals surface area contributed by atoms with Crippen LogP contribution in [0.2, 0.25) is 0 Å². The molecule has 1 fully saturated rings. The molecule has 1 aromatic rings. The lowest BCUT2D eigenvalue weighted by Gasteiger charge is -2.24. The van der Waals surface area contributed by atoms with Gasteiger partial charge in [-0.3, -0.25) is 14.9 Å². The van der Waals surface area contributed by atoms with Crippen LogP contribution in [0.4, 0.5) is 5.82 Å². The lowest BCUT2D eigenvalue weighted by atomic mass is 10.1. The molecule has 20 heavy (non-hydrogen) atoms. The highest BCUT2D eigenvalue weighted by Gasteiger charge is 2.66. The van der Waals surface area contributed by atoms with Crippen LogP contribution in [0, 0.1) is 10.1 Å². The summed E-state index contributed by atoms with van der Waals surface area (Å²) in [4.78, 5) is 25.2. The van der Waals surface area contributed by atoms with Crippen LogP contribution in [-0.4, -0.2) is 54.7 Å². The monoisotopic (exact) mass is 288 g/mol. The third-order valence-electron chi connectivity index (χ3n) is 3.03. The van der Waals surface area contributed by atoms with Crippen molar-refractivity contribution >= 4 is 5.82 Å². The van der Waals surface area contributed by atoms with E-state index in [1.165, 1.54) is 0 Å². The predicted molar refractivity (Wildman–Crippen MR) is 61.9 cm³/mol. The maximum absolute atomic E-state index is 11.7. The molecule has 1 aliphatic rings. The summed E-state index contributed by atoms with van der Waals surface area (Å²) in [7, 11) is 0. The van der Waals surface area contributed by atoms with Gasteiger partial charge in [0, 0.05) is 6.20 Å². The molecule has 0 spiro atoms. The molecule has 4 atom stereocenters. The van der Waals surface area contributed by atoms with Gasteiger partial charge < -0.3 is 21.1 Å². The van der Waals surface area contributed by atoms with E-state index in [1.54, 1.807) is 0 Å². The lowest BCUT2D eigenvalue weighted by molar-refractivity contribution is -0.673. The normalized spacial score (nSPS) is 33.2. The highest BCUT2D eigenvalue weighted by molar-refractivity contribution is 5.23. The Morgan fingerprint density at radius 3 is 2.70 bits per heavy atom. The van der Waals surface area contributed by atoms with E-state index in [9.17, 15) is 25.1 Å². The Balaban J connectivity index is 2.62. The largest absolute Gasteiger partial charge is 0.446 e. The molecule has 0 unspecified atom stereocenters. The second-order valence-corrected chi connectivity index (χ2v) is 4.20. The van der Waals surface area contributed by atoms with Crippen LogP contribution in [-0.2, 0) is 10.6 Å². The molecular weight excluding hydrogens is 276 g/mol. The second-order valence-electron chi connectivity index (χ2n) is 4.20. The number of aliphatic hydroxyl groups is 3. The molecule has 2 rings (SSSR count). The average Bonchev–Trinajstić information content (AvgIpc) is 2.64. The van der Waals surface area contributed by atoms with Crippen molar-refractivity contribution in [1.82, 2.24) is 9.55 Å². The first-order valence-electron chi connectivity index (χ1n) is 5.49. The van der Waals surface area contributed by atoms with Gasteiger partial charge in [-0.1, -0.05) is 0 Å². The number of anilines is 1. The van der Waals surface area contributed by atoms with Crippen molar-refractivity contribution in [3.05, 3.63) is 32.9 Å². The third-order valence-corrected chi connectivity index (χ3v) is 3.03. The molecule has 1 saturated heterocycles. The number of aliphatic hydroxyl groups excluding tert-OH is 3. The smallest absolute Gasteiger partial charge is 0.394 e. The summed E-state index contributed by atoms with van der Waals surface area (Å²) >= 11 is 0. The predicted octanol–water partition coefficient (Wildman–Crippen LogP) is -3.17. The van der Waals surface area contributed by atoms with Crippen LogP contribution < -0.4 is 11.4 Å². The maximum Gasteiger partial charge on any atom is 0.446 e.